The van der Waals surface area contributed by atoms with Gasteiger partial charge >= 0.3 is 0 Å². The van der Waals surface area contributed by atoms with Gasteiger partial charge in [0.05, 0.1) is 24.3 Å². The van der Waals surface area contributed by atoms with Gasteiger partial charge in [-0.15, -0.1) is 0 Å². The molecule has 3 rings (SSSR count). The van der Waals surface area contributed by atoms with Crippen molar-refractivity contribution in [1.29, 1.82) is 0 Å². The summed E-state index contributed by atoms with van der Waals surface area (Å²) in [6, 6.07) is 17.7. The first-order valence-corrected chi connectivity index (χ1v) is 11.6. The van der Waals surface area contributed by atoms with Crippen molar-refractivity contribution in [3.05, 3.63) is 82.9 Å². The SMILES string of the molecule is CCOc1ccc(S(=O)(=O)NCc2ccc(OC)cc2)cc1NC(=O)c1ccc(Cl)cc1. The fourth-order valence-electron chi connectivity index (χ4n) is 2.86. The number of hydrogen-bond donors (Lipinski definition) is 2. The molecule has 168 valence electrons. The molecule has 0 saturated heterocycles. The highest BCUT2D eigenvalue weighted by atomic mass is 35.5. The predicted molar refractivity (Wildman–Crippen MR) is 124 cm³/mol. The summed E-state index contributed by atoms with van der Waals surface area (Å²) in [6.07, 6.45) is 0. The van der Waals surface area contributed by atoms with Crippen molar-refractivity contribution in [3.8, 4) is 11.5 Å². The zero-order valence-electron chi connectivity index (χ0n) is 17.6. The molecule has 0 radical (unpaired) electrons. The number of benzene rings is 3. The summed E-state index contributed by atoms with van der Waals surface area (Å²) in [6.45, 7) is 2.25. The highest BCUT2D eigenvalue weighted by molar-refractivity contribution is 7.89. The number of anilines is 1. The summed E-state index contributed by atoms with van der Waals surface area (Å²) in [5.41, 5.74) is 1.40. The fraction of sp³-hybridized carbons (Fsp3) is 0.174. The first-order chi connectivity index (χ1) is 15.3. The van der Waals surface area contributed by atoms with Gasteiger partial charge < -0.3 is 14.8 Å². The van der Waals surface area contributed by atoms with Crippen LogP contribution >= 0.6 is 11.6 Å². The van der Waals surface area contributed by atoms with Crippen molar-refractivity contribution in [2.75, 3.05) is 19.0 Å². The van der Waals surface area contributed by atoms with Crippen LogP contribution in [-0.4, -0.2) is 28.0 Å². The average molecular weight is 475 g/mol. The molecular weight excluding hydrogens is 452 g/mol. The lowest BCUT2D eigenvalue weighted by Gasteiger charge is -2.14. The maximum Gasteiger partial charge on any atom is 0.255 e. The zero-order chi connectivity index (χ0) is 23.1. The van der Waals surface area contributed by atoms with E-state index in [4.69, 9.17) is 21.1 Å². The molecule has 7 nitrogen and oxygen atoms in total. The summed E-state index contributed by atoms with van der Waals surface area (Å²) in [5, 5.41) is 3.22. The van der Waals surface area contributed by atoms with Crippen LogP contribution in [0.3, 0.4) is 0 Å². The molecule has 0 aliphatic carbocycles. The molecule has 32 heavy (non-hydrogen) atoms. The Morgan fingerprint density at radius 3 is 2.31 bits per heavy atom. The Bertz CT molecular complexity index is 1180. The minimum Gasteiger partial charge on any atom is -0.497 e. The number of carbonyl (C=O) groups is 1. The smallest absolute Gasteiger partial charge is 0.255 e. The van der Waals surface area contributed by atoms with E-state index >= 15 is 0 Å². The van der Waals surface area contributed by atoms with Crippen molar-refractivity contribution in [1.82, 2.24) is 4.72 Å². The first-order valence-electron chi connectivity index (χ1n) is 9.78. The largest absolute Gasteiger partial charge is 0.497 e. The Morgan fingerprint density at radius 1 is 1.00 bits per heavy atom. The Balaban J connectivity index is 1.81. The molecule has 9 heteroatoms. The van der Waals surface area contributed by atoms with Gasteiger partial charge in [-0.25, -0.2) is 13.1 Å². The van der Waals surface area contributed by atoms with Crippen LogP contribution in [0.25, 0.3) is 0 Å². The highest BCUT2D eigenvalue weighted by Crippen LogP contribution is 2.28. The average Bonchev–Trinajstić information content (AvgIpc) is 2.79. The highest BCUT2D eigenvalue weighted by Gasteiger charge is 2.18. The van der Waals surface area contributed by atoms with Crippen LogP contribution in [0.2, 0.25) is 5.02 Å². The first kappa shape index (κ1) is 23.6. The molecular formula is C23H23ClN2O5S. The van der Waals surface area contributed by atoms with Crippen molar-refractivity contribution in [2.45, 2.75) is 18.4 Å². The monoisotopic (exact) mass is 474 g/mol. The van der Waals surface area contributed by atoms with Crippen LogP contribution in [-0.2, 0) is 16.6 Å². The van der Waals surface area contributed by atoms with Gasteiger partial charge in [-0.3, -0.25) is 4.79 Å². The van der Waals surface area contributed by atoms with Gasteiger partial charge in [0.15, 0.2) is 0 Å². The quantitative estimate of drug-likeness (QED) is 0.477. The molecule has 0 fully saturated rings. The van der Waals surface area contributed by atoms with E-state index in [-0.39, 0.29) is 17.1 Å². The molecule has 0 saturated carbocycles. The summed E-state index contributed by atoms with van der Waals surface area (Å²) in [7, 11) is -2.28. The van der Waals surface area contributed by atoms with E-state index in [1.807, 2.05) is 0 Å². The van der Waals surface area contributed by atoms with Crippen LogP contribution in [0, 0.1) is 0 Å². The Labute approximate surface area is 192 Å². The number of methoxy groups -OCH3 is 1. The summed E-state index contributed by atoms with van der Waals surface area (Å²) in [5.74, 6) is 0.636. The van der Waals surface area contributed by atoms with E-state index in [0.29, 0.717) is 28.7 Å². The molecule has 2 N–H and O–H groups in total. The maximum atomic E-state index is 12.8. The van der Waals surface area contributed by atoms with Crippen molar-refractivity contribution in [2.24, 2.45) is 0 Å². The van der Waals surface area contributed by atoms with Crippen molar-refractivity contribution >= 4 is 33.2 Å². The van der Waals surface area contributed by atoms with Crippen molar-refractivity contribution in [3.63, 3.8) is 0 Å². The van der Waals surface area contributed by atoms with Crippen LogP contribution in [0.15, 0.2) is 71.6 Å². The number of sulfonamides is 1. The second-order valence-corrected chi connectivity index (χ2v) is 8.93. The van der Waals surface area contributed by atoms with E-state index in [2.05, 4.69) is 10.0 Å². The van der Waals surface area contributed by atoms with E-state index in [1.54, 1.807) is 62.6 Å². The van der Waals surface area contributed by atoms with Crippen LogP contribution in [0.1, 0.15) is 22.8 Å². The van der Waals surface area contributed by atoms with Crippen LogP contribution in [0.4, 0.5) is 5.69 Å². The predicted octanol–water partition coefficient (Wildman–Crippen LogP) is 4.48. The standard InChI is InChI=1S/C23H23ClN2O5S/c1-3-31-22-13-12-20(14-21(22)26-23(27)17-6-8-18(24)9-7-17)32(28,29)25-15-16-4-10-19(30-2)11-5-16/h4-14,25H,3,15H2,1-2H3,(H,26,27). The molecule has 0 atom stereocenters. The van der Waals surface area contributed by atoms with Gasteiger partial charge in [0.2, 0.25) is 10.0 Å². The van der Waals surface area contributed by atoms with Crippen molar-refractivity contribution < 1.29 is 22.7 Å². The molecule has 0 unspecified atom stereocenters. The number of carbonyl (C=O) groups excluding carboxylic acids is 1. The second kappa shape index (κ2) is 10.5. The van der Waals surface area contributed by atoms with Gasteiger partial charge in [-0.05, 0) is 67.1 Å². The summed E-state index contributed by atoms with van der Waals surface area (Å²) >= 11 is 5.87. The number of amides is 1. The molecule has 0 aromatic heterocycles. The molecule has 1 amide bonds. The normalized spacial score (nSPS) is 11.1. The van der Waals surface area contributed by atoms with E-state index in [9.17, 15) is 13.2 Å². The summed E-state index contributed by atoms with van der Waals surface area (Å²) < 4.78 is 38.9. The maximum absolute atomic E-state index is 12.8. The third kappa shape index (κ3) is 6.00. The van der Waals surface area contributed by atoms with Gasteiger partial charge in [-0.1, -0.05) is 23.7 Å². The molecule has 0 aliphatic rings. The molecule has 3 aromatic carbocycles. The fourth-order valence-corrected chi connectivity index (χ4v) is 4.03. The lowest BCUT2D eigenvalue weighted by molar-refractivity contribution is 0.102. The third-order valence-corrected chi connectivity index (χ3v) is 6.19. The second-order valence-electron chi connectivity index (χ2n) is 6.72. The lowest BCUT2D eigenvalue weighted by Crippen LogP contribution is -2.23. The number of halogens is 1. The van der Waals surface area contributed by atoms with Gasteiger partial charge in [-0.2, -0.15) is 0 Å². The van der Waals surface area contributed by atoms with Gasteiger partial charge in [0.25, 0.3) is 5.91 Å². The summed E-state index contributed by atoms with van der Waals surface area (Å²) in [4.78, 5) is 12.6. The van der Waals surface area contributed by atoms with E-state index in [1.165, 1.54) is 18.2 Å². The molecule has 0 bridgehead atoms. The lowest BCUT2D eigenvalue weighted by atomic mass is 10.2. The Morgan fingerprint density at radius 2 is 1.69 bits per heavy atom. The number of hydrogen-bond acceptors (Lipinski definition) is 5. The number of ether oxygens (including phenoxy) is 2. The number of rotatable bonds is 9. The molecule has 0 heterocycles. The van der Waals surface area contributed by atoms with E-state index in [0.717, 1.165) is 5.56 Å². The molecule has 3 aromatic rings. The molecule has 0 spiro atoms. The van der Waals surface area contributed by atoms with E-state index < -0.39 is 15.9 Å². The van der Waals surface area contributed by atoms with Crippen LogP contribution < -0.4 is 19.5 Å². The third-order valence-electron chi connectivity index (χ3n) is 4.54. The topological polar surface area (TPSA) is 93.7 Å². The van der Waals surface area contributed by atoms with Gasteiger partial charge in [0, 0.05) is 17.1 Å². The minimum atomic E-state index is -3.84. The number of nitrogens with one attached hydrogen (secondary N) is 2. The van der Waals surface area contributed by atoms with Gasteiger partial charge in [0.1, 0.15) is 11.5 Å². The zero-order valence-corrected chi connectivity index (χ0v) is 19.2. The molecule has 0 aliphatic heterocycles. The Hall–Kier alpha value is -3.07. The Kier molecular flexibility index (Phi) is 7.74. The minimum absolute atomic E-state index is 0.000806. The van der Waals surface area contributed by atoms with Crippen LogP contribution in [0.5, 0.6) is 11.5 Å².